The maximum Gasteiger partial charge on any atom is 0.388 e. The Labute approximate surface area is 172 Å². The number of hydrogen-bond donors (Lipinski definition) is 3. The van der Waals surface area contributed by atoms with Gasteiger partial charge in [-0.3, -0.25) is 4.79 Å². The van der Waals surface area contributed by atoms with Crippen LogP contribution in [0, 0.1) is 0 Å². The summed E-state index contributed by atoms with van der Waals surface area (Å²) in [6.45, 7) is -0.972. The highest BCUT2D eigenvalue weighted by Crippen LogP contribution is 2.18. The molecule has 1 unspecified atom stereocenters. The van der Waals surface area contributed by atoms with Crippen LogP contribution < -0.4 is 20.7 Å². The second-order valence-electron chi connectivity index (χ2n) is 6.37. The fraction of sp³-hybridized carbons (Fsp3) is 0.190. The summed E-state index contributed by atoms with van der Waals surface area (Å²) in [6, 6.07) is 9.98. The van der Waals surface area contributed by atoms with E-state index in [2.05, 4.69) is 30.7 Å². The van der Waals surface area contributed by atoms with E-state index < -0.39 is 12.5 Å². The van der Waals surface area contributed by atoms with Crippen LogP contribution in [0.1, 0.15) is 35.3 Å². The number of aliphatic imine (C=N–C) groups is 1. The quantitative estimate of drug-likeness (QED) is 0.610. The van der Waals surface area contributed by atoms with Crippen molar-refractivity contribution >= 4 is 17.4 Å². The minimum Gasteiger partial charge on any atom is -0.417 e. The zero-order chi connectivity index (χ0) is 21.3. The molecule has 0 bridgehead atoms. The number of ether oxygens (including phenoxy) is 1. The molecule has 0 saturated heterocycles. The Balaban J connectivity index is 1.55. The minimum atomic E-state index is -2.96. The summed E-state index contributed by atoms with van der Waals surface area (Å²) in [5.41, 5.74) is 1.80. The molecule has 3 rings (SSSR count). The smallest absolute Gasteiger partial charge is 0.388 e. The third kappa shape index (κ3) is 6.13. The van der Waals surface area contributed by atoms with Crippen LogP contribution in [0.3, 0.4) is 0 Å². The lowest BCUT2D eigenvalue weighted by atomic mass is 10.1. The van der Waals surface area contributed by atoms with Crippen LogP contribution in [0.2, 0.25) is 0 Å². The number of carbonyl (C=O) groups is 1. The standard InChI is InChI=1S/C21H21F2N5O2/c1-14(24-10-11-26-18-6-3-9-25-18)15-4-2-5-17(12-15)28-20(29)16-7-8-19(27-13-16)30-21(22)23/h2-5,7-14,21,24H,6H2,1H3,(H,25,26)(H,28,29). The molecule has 0 aliphatic carbocycles. The molecular formula is C21H21F2N5O2. The van der Waals surface area contributed by atoms with E-state index in [1.165, 1.54) is 18.3 Å². The van der Waals surface area contributed by atoms with Crippen molar-refractivity contribution in [2.45, 2.75) is 26.0 Å². The monoisotopic (exact) mass is 413 g/mol. The SMILES string of the molecule is CC(NC=CNC1=NC=CC1)c1cccc(NC(=O)c2ccc(OC(F)F)nc2)c1. The molecule has 0 radical (unpaired) electrons. The maximum atomic E-state index is 12.4. The average Bonchev–Trinajstić information content (AvgIpc) is 3.25. The minimum absolute atomic E-state index is 0.00371. The number of nitrogens with one attached hydrogen (secondary N) is 3. The number of nitrogens with zero attached hydrogens (tertiary/aromatic N) is 2. The first-order valence-corrected chi connectivity index (χ1v) is 9.23. The molecule has 0 saturated carbocycles. The van der Waals surface area contributed by atoms with Crippen molar-refractivity contribution in [3.8, 4) is 5.88 Å². The highest BCUT2D eigenvalue weighted by Gasteiger charge is 2.11. The third-order valence-electron chi connectivity index (χ3n) is 4.18. The third-order valence-corrected chi connectivity index (χ3v) is 4.18. The predicted molar refractivity (Wildman–Crippen MR) is 110 cm³/mol. The van der Waals surface area contributed by atoms with Crippen molar-refractivity contribution < 1.29 is 18.3 Å². The average molecular weight is 413 g/mol. The van der Waals surface area contributed by atoms with E-state index in [9.17, 15) is 13.6 Å². The Morgan fingerprint density at radius 3 is 2.80 bits per heavy atom. The molecule has 0 fully saturated rings. The predicted octanol–water partition coefficient (Wildman–Crippen LogP) is 3.96. The molecule has 30 heavy (non-hydrogen) atoms. The van der Waals surface area contributed by atoms with Gasteiger partial charge in [-0.25, -0.2) is 9.98 Å². The van der Waals surface area contributed by atoms with Crippen LogP contribution in [0.5, 0.6) is 5.88 Å². The molecule has 1 aromatic heterocycles. The lowest BCUT2D eigenvalue weighted by Crippen LogP contribution is -2.18. The summed E-state index contributed by atoms with van der Waals surface area (Å²) in [6.07, 6.45) is 9.28. The topological polar surface area (TPSA) is 87.6 Å². The molecule has 9 heteroatoms. The molecule has 1 aliphatic rings. The van der Waals surface area contributed by atoms with E-state index in [-0.39, 0.29) is 17.5 Å². The van der Waals surface area contributed by atoms with Gasteiger partial charge in [0.15, 0.2) is 0 Å². The number of aromatic nitrogens is 1. The normalized spacial score (nSPS) is 13.9. The highest BCUT2D eigenvalue weighted by atomic mass is 19.3. The maximum absolute atomic E-state index is 12.4. The summed E-state index contributed by atoms with van der Waals surface area (Å²) < 4.78 is 28.5. The number of pyridine rings is 1. The molecule has 156 valence electrons. The number of hydrogen-bond acceptors (Lipinski definition) is 6. The molecule has 2 aromatic rings. The fourth-order valence-electron chi connectivity index (χ4n) is 2.65. The Bertz CT molecular complexity index is 958. The van der Waals surface area contributed by atoms with Crippen molar-refractivity contribution in [1.82, 2.24) is 15.6 Å². The summed E-state index contributed by atoms with van der Waals surface area (Å²) in [7, 11) is 0. The van der Waals surface area contributed by atoms with Crippen LogP contribution in [0.15, 0.2) is 72.3 Å². The molecule has 0 spiro atoms. The number of amidine groups is 1. The van der Waals surface area contributed by atoms with E-state index >= 15 is 0 Å². The lowest BCUT2D eigenvalue weighted by molar-refractivity contribution is -0.0528. The summed E-state index contributed by atoms with van der Waals surface area (Å²) in [5.74, 6) is 0.231. The number of halogens is 2. The molecule has 1 aromatic carbocycles. The van der Waals surface area contributed by atoms with Gasteiger partial charge in [-0.05, 0) is 30.7 Å². The first-order valence-electron chi connectivity index (χ1n) is 9.23. The van der Waals surface area contributed by atoms with Gasteiger partial charge in [0.25, 0.3) is 5.91 Å². The van der Waals surface area contributed by atoms with Crippen LogP contribution in [-0.2, 0) is 0 Å². The number of amides is 1. The van der Waals surface area contributed by atoms with Gasteiger partial charge < -0.3 is 20.7 Å². The Morgan fingerprint density at radius 1 is 1.23 bits per heavy atom. The molecule has 7 nitrogen and oxygen atoms in total. The Morgan fingerprint density at radius 2 is 2.10 bits per heavy atom. The van der Waals surface area contributed by atoms with Gasteiger partial charge in [0.1, 0.15) is 5.84 Å². The number of rotatable bonds is 8. The summed E-state index contributed by atoms with van der Waals surface area (Å²) in [4.78, 5) is 20.2. The van der Waals surface area contributed by atoms with Gasteiger partial charge in [0, 0.05) is 49.0 Å². The second-order valence-corrected chi connectivity index (χ2v) is 6.37. The van der Waals surface area contributed by atoms with E-state index in [0.29, 0.717) is 5.69 Å². The number of benzene rings is 1. The number of alkyl halides is 2. The van der Waals surface area contributed by atoms with Crippen LogP contribution in [-0.4, -0.2) is 23.3 Å². The molecule has 1 amide bonds. The fourth-order valence-corrected chi connectivity index (χ4v) is 2.65. The molecule has 1 aliphatic heterocycles. The largest absolute Gasteiger partial charge is 0.417 e. The first-order chi connectivity index (χ1) is 14.5. The van der Waals surface area contributed by atoms with Gasteiger partial charge in [-0.2, -0.15) is 8.78 Å². The Hall–Kier alpha value is -3.75. The zero-order valence-corrected chi connectivity index (χ0v) is 16.2. The van der Waals surface area contributed by atoms with E-state index in [4.69, 9.17) is 0 Å². The van der Waals surface area contributed by atoms with E-state index in [0.717, 1.165) is 17.8 Å². The van der Waals surface area contributed by atoms with E-state index in [1.807, 2.05) is 31.2 Å². The molecular weight excluding hydrogens is 392 g/mol. The van der Waals surface area contributed by atoms with Crippen molar-refractivity contribution in [2.75, 3.05) is 5.32 Å². The van der Waals surface area contributed by atoms with Crippen LogP contribution >= 0.6 is 0 Å². The van der Waals surface area contributed by atoms with Gasteiger partial charge in [-0.15, -0.1) is 0 Å². The van der Waals surface area contributed by atoms with Gasteiger partial charge in [0.2, 0.25) is 5.88 Å². The van der Waals surface area contributed by atoms with Crippen LogP contribution in [0.25, 0.3) is 0 Å². The zero-order valence-electron chi connectivity index (χ0n) is 16.2. The lowest BCUT2D eigenvalue weighted by Gasteiger charge is -2.14. The molecule has 1 atom stereocenters. The van der Waals surface area contributed by atoms with Crippen molar-refractivity contribution in [1.29, 1.82) is 0 Å². The van der Waals surface area contributed by atoms with Gasteiger partial charge >= 0.3 is 6.61 Å². The second kappa shape index (κ2) is 10.1. The van der Waals surface area contributed by atoms with Crippen LogP contribution in [0.4, 0.5) is 14.5 Å². The van der Waals surface area contributed by atoms with Gasteiger partial charge in [0.05, 0.1) is 5.56 Å². The van der Waals surface area contributed by atoms with Gasteiger partial charge in [-0.1, -0.05) is 18.2 Å². The molecule has 3 N–H and O–H groups in total. The van der Waals surface area contributed by atoms with E-state index in [1.54, 1.807) is 24.7 Å². The Kier molecular flexibility index (Phi) is 7.09. The first kappa shape index (κ1) is 21.0. The van der Waals surface area contributed by atoms with Crippen molar-refractivity contribution in [2.24, 2.45) is 4.99 Å². The highest BCUT2D eigenvalue weighted by molar-refractivity contribution is 6.04. The number of carbonyl (C=O) groups excluding carboxylic acids is 1. The molecule has 2 heterocycles. The van der Waals surface area contributed by atoms with Crippen molar-refractivity contribution in [3.63, 3.8) is 0 Å². The van der Waals surface area contributed by atoms with Crippen molar-refractivity contribution in [3.05, 3.63) is 78.4 Å². The number of anilines is 1. The summed E-state index contributed by atoms with van der Waals surface area (Å²) in [5, 5.41) is 9.10. The summed E-state index contributed by atoms with van der Waals surface area (Å²) >= 11 is 0.